The lowest BCUT2D eigenvalue weighted by molar-refractivity contribution is 0.628. The maximum Gasteiger partial charge on any atom is 0.167 e. The number of thiophene rings is 1. The van der Waals surface area contributed by atoms with Gasteiger partial charge < -0.3 is 0 Å². The summed E-state index contributed by atoms with van der Waals surface area (Å²) >= 11 is 1.54. The predicted molar refractivity (Wildman–Crippen MR) is 98.3 cm³/mol. The molecule has 7 heteroatoms. The summed E-state index contributed by atoms with van der Waals surface area (Å²) in [5.74, 6) is 0.381. The van der Waals surface area contributed by atoms with Gasteiger partial charge in [0.1, 0.15) is 12.1 Å². The van der Waals surface area contributed by atoms with E-state index in [0.29, 0.717) is 5.82 Å². The molecule has 0 bridgehead atoms. The molecule has 0 atom stereocenters. The topological polar surface area (TPSA) is 63.1 Å². The number of fused-ring (bicyclic) bond motifs is 1. The number of anilines is 1. The summed E-state index contributed by atoms with van der Waals surface area (Å²) in [5, 5.41) is 4.22. The van der Waals surface area contributed by atoms with E-state index in [2.05, 4.69) is 25.5 Å². The van der Waals surface area contributed by atoms with Crippen molar-refractivity contribution in [2.45, 2.75) is 0 Å². The van der Waals surface area contributed by atoms with Gasteiger partial charge in [-0.2, -0.15) is 5.10 Å². The molecule has 0 aliphatic carbocycles. The molecule has 0 spiro atoms. The summed E-state index contributed by atoms with van der Waals surface area (Å²) in [4.78, 5) is 13.5. The maximum atomic E-state index is 13.1. The number of hydrogen-bond acceptors (Lipinski definition) is 6. The van der Waals surface area contributed by atoms with Gasteiger partial charge in [-0.3, -0.25) is 10.4 Å². The minimum atomic E-state index is -0.252. The molecule has 0 unspecified atom stereocenters. The van der Waals surface area contributed by atoms with Crippen molar-refractivity contribution >= 4 is 33.6 Å². The molecular weight excluding hydrogens is 337 g/mol. The van der Waals surface area contributed by atoms with Gasteiger partial charge in [-0.05, 0) is 41.5 Å². The lowest BCUT2D eigenvalue weighted by atomic mass is 10.2. The van der Waals surface area contributed by atoms with Crippen LogP contribution in [0.1, 0.15) is 5.56 Å². The lowest BCUT2D eigenvalue weighted by Crippen LogP contribution is -1.94. The van der Waals surface area contributed by atoms with Crippen molar-refractivity contribution < 1.29 is 4.39 Å². The van der Waals surface area contributed by atoms with Gasteiger partial charge >= 0.3 is 0 Å². The minimum absolute atomic E-state index is 0.252. The maximum absolute atomic E-state index is 13.1. The zero-order chi connectivity index (χ0) is 17.1. The molecule has 0 saturated carbocycles. The fraction of sp³-hybridized carbons (Fsp3) is 0. The number of hydrogen-bond donors (Lipinski definition) is 1. The number of pyridine rings is 1. The third-order valence-corrected chi connectivity index (χ3v) is 4.71. The number of nitrogens with zero attached hydrogens (tertiary/aromatic N) is 4. The molecular formula is C18H12FN5S. The third-order valence-electron chi connectivity index (χ3n) is 3.53. The summed E-state index contributed by atoms with van der Waals surface area (Å²) in [6, 6.07) is 12.1. The van der Waals surface area contributed by atoms with Gasteiger partial charge in [0.2, 0.25) is 0 Å². The second kappa shape index (κ2) is 6.74. The van der Waals surface area contributed by atoms with Crippen LogP contribution in [0, 0.1) is 5.82 Å². The second-order valence-corrected chi connectivity index (χ2v) is 6.26. The van der Waals surface area contributed by atoms with Gasteiger partial charge in [-0.15, -0.1) is 11.3 Å². The van der Waals surface area contributed by atoms with Crippen molar-refractivity contribution in [2.24, 2.45) is 5.10 Å². The quantitative estimate of drug-likeness (QED) is 0.440. The Morgan fingerprint density at radius 3 is 2.64 bits per heavy atom. The average Bonchev–Trinajstić information content (AvgIpc) is 3.08. The van der Waals surface area contributed by atoms with Crippen LogP contribution in [0.5, 0.6) is 0 Å². The summed E-state index contributed by atoms with van der Waals surface area (Å²) < 4.78 is 14.0. The third kappa shape index (κ3) is 3.36. The number of benzene rings is 1. The number of aromatic nitrogens is 3. The van der Waals surface area contributed by atoms with E-state index in [1.807, 2.05) is 18.2 Å². The largest absolute Gasteiger partial charge is 0.265 e. The second-order valence-electron chi connectivity index (χ2n) is 5.20. The molecule has 3 aromatic heterocycles. The molecule has 3 heterocycles. The van der Waals surface area contributed by atoms with Crippen LogP contribution in [0.4, 0.5) is 10.2 Å². The Morgan fingerprint density at radius 1 is 1.04 bits per heavy atom. The Balaban J connectivity index is 1.63. The molecule has 5 nitrogen and oxygen atoms in total. The van der Waals surface area contributed by atoms with Gasteiger partial charge in [0.05, 0.1) is 16.4 Å². The summed E-state index contributed by atoms with van der Waals surface area (Å²) in [6.45, 7) is 0. The van der Waals surface area contributed by atoms with Gasteiger partial charge in [0, 0.05) is 17.3 Å². The summed E-state index contributed by atoms with van der Waals surface area (Å²) in [6.07, 6.45) is 6.61. The van der Waals surface area contributed by atoms with Crippen molar-refractivity contribution in [1.29, 1.82) is 0 Å². The average molecular weight is 349 g/mol. The molecule has 0 fully saturated rings. The molecule has 4 aromatic rings. The van der Waals surface area contributed by atoms with E-state index in [9.17, 15) is 4.39 Å². The van der Waals surface area contributed by atoms with Crippen LogP contribution in [0.15, 0.2) is 66.3 Å². The molecule has 0 saturated heterocycles. The molecule has 122 valence electrons. The Morgan fingerprint density at radius 2 is 1.84 bits per heavy atom. The van der Waals surface area contributed by atoms with Gasteiger partial charge in [0.25, 0.3) is 0 Å². The number of halogens is 1. The highest BCUT2D eigenvalue weighted by Crippen LogP contribution is 2.35. The first kappa shape index (κ1) is 15.3. The van der Waals surface area contributed by atoms with E-state index >= 15 is 0 Å². The normalized spacial score (nSPS) is 11.2. The van der Waals surface area contributed by atoms with Crippen molar-refractivity contribution in [3.63, 3.8) is 0 Å². The minimum Gasteiger partial charge on any atom is -0.265 e. The number of rotatable bonds is 4. The van der Waals surface area contributed by atoms with Crippen LogP contribution in [-0.4, -0.2) is 21.2 Å². The SMILES string of the molecule is Fc1ccc(-c2cc3ncnc(NN=Cc4ccncc4)c3s2)cc1. The van der Waals surface area contributed by atoms with Crippen LogP contribution in [0.25, 0.3) is 20.7 Å². The van der Waals surface area contributed by atoms with Gasteiger partial charge in [0.15, 0.2) is 5.82 Å². The van der Waals surface area contributed by atoms with E-state index in [0.717, 1.165) is 26.2 Å². The number of nitrogens with one attached hydrogen (secondary N) is 1. The van der Waals surface area contributed by atoms with E-state index in [1.165, 1.54) is 29.8 Å². The zero-order valence-electron chi connectivity index (χ0n) is 12.9. The highest BCUT2D eigenvalue weighted by atomic mass is 32.1. The van der Waals surface area contributed by atoms with E-state index in [4.69, 9.17) is 0 Å². The summed E-state index contributed by atoms with van der Waals surface area (Å²) in [5.41, 5.74) is 5.66. The fourth-order valence-electron chi connectivity index (χ4n) is 2.31. The van der Waals surface area contributed by atoms with Gasteiger partial charge in [-0.1, -0.05) is 12.1 Å². The van der Waals surface area contributed by atoms with Crippen LogP contribution in [0.3, 0.4) is 0 Å². The molecule has 4 rings (SSSR count). The van der Waals surface area contributed by atoms with Crippen molar-refractivity contribution in [3.05, 3.63) is 72.6 Å². The Kier molecular flexibility index (Phi) is 4.14. The zero-order valence-corrected chi connectivity index (χ0v) is 13.7. The highest BCUT2D eigenvalue weighted by Gasteiger charge is 2.10. The summed E-state index contributed by atoms with van der Waals surface area (Å²) in [7, 11) is 0. The van der Waals surface area contributed by atoms with Crippen molar-refractivity contribution in [2.75, 3.05) is 5.43 Å². The smallest absolute Gasteiger partial charge is 0.167 e. The van der Waals surface area contributed by atoms with Crippen LogP contribution in [0.2, 0.25) is 0 Å². The molecule has 1 aromatic carbocycles. The predicted octanol–water partition coefficient (Wildman–Crippen LogP) is 4.34. The Labute approximate surface area is 146 Å². The van der Waals surface area contributed by atoms with Crippen LogP contribution < -0.4 is 5.43 Å². The van der Waals surface area contributed by atoms with Crippen molar-refractivity contribution in [1.82, 2.24) is 15.0 Å². The fourth-order valence-corrected chi connectivity index (χ4v) is 3.36. The van der Waals surface area contributed by atoms with E-state index < -0.39 is 0 Å². The Bertz CT molecular complexity index is 1030. The van der Waals surface area contributed by atoms with Crippen LogP contribution >= 0.6 is 11.3 Å². The first-order valence-corrected chi connectivity index (χ1v) is 8.31. The molecule has 0 amide bonds. The standard InChI is InChI=1S/C18H12FN5S/c19-14-3-1-13(2-4-14)16-9-15-17(25-16)18(22-11-21-15)24-23-10-12-5-7-20-8-6-12/h1-11H,(H,21,22,24). The molecule has 0 aliphatic rings. The molecule has 25 heavy (non-hydrogen) atoms. The van der Waals surface area contributed by atoms with Crippen LogP contribution in [-0.2, 0) is 0 Å². The Hall–Kier alpha value is -3.19. The monoisotopic (exact) mass is 349 g/mol. The molecule has 0 aliphatic heterocycles. The molecule has 1 N–H and O–H groups in total. The van der Waals surface area contributed by atoms with E-state index in [-0.39, 0.29) is 5.82 Å². The van der Waals surface area contributed by atoms with E-state index in [1.54, 1.807) is 30.7 Å². The number of hydrazone groups is 1. The highest BCUT2D eigenvalue weighted by molar-refractivity contribution is 7.22. The van der Waals surface area contributed by atoms with Crippen molar-refractivity contribution in [3.8, 4) is 10.4 Å². The first-order valence-electron chi connectivity index (χ1n) is 7.49. The first-order chi connectivity index (χ1) is 12.3. The molecule has 0 radical (unpaired) electrons. The van der Waals surface area contributed by atoms with Gasteiger partial charge in [-0.25, -0.2) is 14.4 Å². The lowest BCUT2D eigenvalue weighted by Gasteiger charge is -1.99.